The van der Waals surface area contributed by atoms with E-state index in [9.17, 15) is 9.90 Å². The molecule has 0 bridgehead atoms. The van der Waals surface area contributed by atoms with Crippen LogP contribution in [0.1, 0.15) is 59.3 Å². The molecule has 2 aliphatic rings. The molecule has 0 radical (unpaired) electrons. The first-order chi connectivity index (χ1) is 8.54. The zero-order chi connectivity index (χ0) is 13.3. The van der Waals surface area contributed by atoms with Gasteiger partial charge >= 0.3 is 5.97 Å². The van der Waals surface area contributed by atoms with E-state index >= 15 is 0 Å². The normalized spacial score (nSPS) is 40.1. The van der Waals surface area contributed by atoms with Gasteiger partial charge in [-0.1, -0.05) is 39.5 Å². The summed E-state index contributed by atoms with van der Waals surface area (Å²) < 4.78 is 5.86. The molecule has 5 unspecified atom stereocenters. The van der Waals surface area contributed by atoms with Crippen LogP contribution in [-0.2, 0) is 9.53 Å². The zero-order valence-electron chi connectivity index (χ0n) is 11.8. The number of aliphatic carboxylic acids is 1. The minimum atomic E-state index is -0.620. The molecule has 104 valence electrons. The van der Waals surface area contributed by atoms with Crippen molar-refractivity contribution in [3.8, 4) is 0 Å². The molecule has 5 atom stereocenters. The summed E-state index contributed by atoms with van der Waals surface area (Å²) in [6.07, 6.45) is 6.64. The van der Waals surface area contributed by atoms with Crippen LogP contribution in [0.5, 0.6) is 0 Å². The minimum Gasteiger partial charge on any atom is -0.481 e. The van der Waals surface area contributed by atoms with Crippen LogP contribution in [0.25, 0.3) is 0 Å². The topological polar surface area (TPSA) is 49.8 Å². The molecule has 2 fully saturated rings. The summed E-state index contributed by atoms with van der Waals surface area (Å²) in [4.78, 5) is 11.5. The average Bonchev–Trinajstić information content (AvgIpc) is 3.01. The van der Waals surface area contributed by atoms with E-state index in [2.05, 4.69) is 20.8 Å². The standard InChI is InChI=1S/C15H26O3/c1-4-6-7-10(5-2)13-11(14(16)17)8-9-12-15(13,3)18-12/h10-13H,4-9H2,1-3H3,(H,16,17). The number of carboxylic acid groups (broad SMARTS) is 1. The van der Waals surface area contributed by atoms with Crippen LogP contribution >= 0.6 is 0 Å². The number of carbonyl (C=O) groups is 1. The Balaban J connectivity index is 2.15. The highest BCUT2D eigenvalue weighted by molar-refractivity contribution is 5.71. The van der Waals surface area contributed by atoms with Crippen LogP contribution in [0, 0.1) is 17.8 Å². The maximum Gasteiger partial charge on any atom is 0.306 e. The largest absolute Gasteiger partial charge is 0.481 e. The molecule has 3 nitrogen and oxygen atoms in total. The third-order valence-corrected chi connectivity index (χ3v) is 5.09. The third kappa shape index (κ3) is 2.29. The Morgan fingerprint density at radius 1 is 1.44 bits per heavy atom. The van der Waals surface area contributed by atoms with Gasteiger partial charge in [0.2, 0.25) is 0 Å². The first-order valence-electron chi connectivity index (χ1n) is 7.45. The Labute approximate surface area is 110 Å². The number of epoxide rings is 1. The van der Waals surface area contributed by atoms with E-state index < -0.39 is 5.97 Å². The predicted molar refractivity (Wildman–Crippen MR) is 70.4 cm³/mol. The molecule has 0 amide bonds. The first kappa shape index (κ1) is 13.9. The fourth-order valence-electron chi connectivity index (χ4n) is 4.00. The third-order valence-electron chi connectivity index (χ3n) is 5.09. The lowest BCUT2D eigenvalue weighted by molar-refractivity contribution is -0.146. The summed E-state index contributed by atoms with van der Waals surface area (Å²) in [5.74, 6) is -0.104. The smallest absolute Gasteiger partial charge is 0.306 e. The van der Waals surface area contributed by atoms with E-state index in [-0.39, 0.29) is 17.4 Å². The van der Waals surface area contributed by atoms with Gasteiger partial charge < -0.3 is 9.84 Å². The van der Waals surface area contributed by atoms with E-state index in [1.165, 1.54) is 12.8 Å². The van der Waals surface area contributed by atoms with Gasteiger partial charge in [-0.05, 0) is 25.7 Å². The second kappa shape index (κ2) is 5.20. The summed E-state index contributed by atoms with van der Waals surface area (Å²) in [5, 5.41) is 9.47. The number of unbranched alkanes of at least 4 members (excludes halogenated alkanes) is 1. The van der Waals surface area contributed by atoms with Crippen molar-refractivity contribution in [2.45, 2.75) is 71.0 Å². The Kier molecular flexibility index (Phi) is 4.00. The fourth-order valence-corrected chi connectivity index (χ4v) is 4.00. The summed E-state index contributed by atoms with van der Waals surface area (Å²) in [7, 11) is 0. The summed E-state index contributed by atoms with van der Waals surface area (Å²) in [6, 6.07) is 0. The van der Waals surface area contributed by atoms with Crippen molar-refractivity contribution in [1.29, 1.82) is 0 Å². The van der Waals surface area contributed by atoms with E-state index in [0.29, 0.717) is 12.0 Å². The highest BCUT2D eigenvalue weighted by atomic mass is 16.6. The van der Waals surface area contributed by atoms with Crippen molar-refractivity contribution in [2.75, 3.05) is 0 Å². The number of hydrogen-bond acceptors (Lipinski definition) is 2. The van der Waals surface area contributed by atoms with Gasteiger partial charge in [-0.2, -0.15) is 0 Å². The molecule has 3 heteroatoms. The SMILES string of the molecule is CCCCC(CC)C1C(C(=O)O)CCC2OC21C. The van der Waals surface area contributed by atoms with Crippen molar-refractivity contribution in [3.05, 3.63) is 0 Å². The van der Waals surface area contributed by atoms with Crippen LogP contribution in [0.15, 0.2) is 0 Å². The quantitative estimate of drug-likeness (QED) is 0.738. The molecule has 1 heterocycles. The average molecular weight is 254 g/mol. The van der Waals surface area contributed by atoms with Gasteiger partial charge in [-0.25, -0.2) is 0 Å². The lowest BCUT2D eigenvalue weighted by Crippen LogP contribution is -2.43. The lowest BCUT2D eigenvalue weighted by atomic mass is 9.65. The molecule has 0 spiro atoms. The lowest BCUT2D eigenvalue weighted by Gasteiger charge is -2.37. The van der Waals surface area contributed by atoms with Crippen molar-refractivity contribution in [2.24, 2.45) is 17.8 Å². The summed E-state index contributed by atoms with van der Waals surface area (Å²) >= 11 is 0. The van der Waals surface area contributed by atoms with Crippen LogP contribution in [0.2, 0.25) is 0 Å². The van der Waals surface area contributed by atoms with Crippen LogP contribution in [-0.4, -0.2) is 22.8 Å². The Hall–Kier alpha value is -0.570. The fraction of sp³-hybridized carbons (Fsp3) is 0.933. The molecular weight excluding hydrogens is 228 g/mol. The highest BCUT2D eigenvalue weighted by Gasteiger charge is 2.64. The molecule has 18 heavy (non-hydrogen) atoms. The van der Waals surface area contributed by atoms with Crippen molar-refractivity contribution in [1.82, 2.24) is 0 Å². The van der Waals surface area contributed by atoms with Gasteiger partial charge in [0.25, 0.3) is 0 Å². The predicted octanol–water partition coefficient (Wildman–Crippen LogP) is 3.47. The van der Waals surface area contributed by atoms with Gasteiger partial charge in [0.1, 0.15) is 0 Å². The second-order valence-electron chi connectivity index (χ2n) is 6.15. The number of ether oxygens (including phenoxy) is 1. The van der Waals surface area contributed by atoms with E-state index in [4.69, 9.17) is 4.74 Å². The van der Waals surface area contributed by atoms with Gasteiger partial charge in [-0.3, -0.25) is 4.79 Å². The molecule has 2 rings (SSSR count). The van der Waals surface area contributed by atoms with Crippen molar-refractivity contribution in [3.63, 3.8) is 0 Å². The molecule has 0 aromatic heterocycles. The van der Waals surface area contributed by atoms with Gasteiger partial charge in [0.15, 0.2) is 0 Å². The maximum atomic E-state index is 11.5. The number of hydrogen-bond donors (Lipinski definition) is 1. The van der Waals surface area contributed by atoms with Crippen LogP contribution < -0.4 is 0 Å². The van der Waals surface area contributed by atoms with Crippen LogP contribution in [0.3, 0.4) is 0 Å². The molecule has 1 aliphatic heterocycles. The zero-order valence-corrected chi connectivity index (χ0v) is 11.8. The van der Waals surface area contributed by atoms with Gasteiger partial charge in [0, 0.05) is 5.92 Å². The van der Waals surface area contributed by atoms with Gasteiger partial charge in [0.05, 0.1) is 17.6 Å². The van der Waals surface area contributed by atoms with E-state index in [1.807, 2.05) is 0 Å². The minimum absolute atomic E-state index is 0.143. The number of fused-ring (bicyclic) bond motifs is 1. The molecule has 1 N–H and O–H groups in total. The molecular formula is C15H26O3. The molecule has 1 saturated heterocycles. The van der Waals surface area contributed by atoms with Crippen molar-refractivity contribution < 1.29 is 14.6 Å². The van der Waals surface area contributed by atoms with E-state index in [0.717, 1.165) is 25.7 Å². The first-order valence-corrected chi connectivity index (χ1v) is 7.45. The van der Waals surface area contributed by atoms with Gasteiger partial charge in [-0.15, -0.1) is 0 Å². The second-order valence-corrected chi connectivity index (χ2v) is 6.15. The summed E-state index contributed by atoms with van der Waals surface area (Å²) in [6.45, 7) is 6.51. The molecule has 1 aliphatic carbocycles. The highest BCUT2D eigenvalue weighted by Crippen LogP contribution is 2.57. The van der Waals surface area contributed by atoms with Crippen LogP contribution in [0.4, 0.5) is 0 Å². The number of carboxylic acids is 1. The molecule has 1 saturated carbocycles. The Bertz CT molecular complexity index is 315. The van der Waals surface area contributed by atoms with E-state index in [1.54, 1.807) is 0 Å². The Morgan fingerprint density at radius 3 is 2.72 bits per heavy atom. The molecule has 0 aromatic rings. The number of rotatable bonds is 6. The summed E-state index contributed by atoms with van der Waals surface area (Å²) in [5.41, 5.74) is -0.143. The monoisotopic (exact) mass is 254 g/mol. The maximum absolute atomic E-state index is 11.5. The Morgan fingerprint density at radius 2 is 2.17 bits per heavy atom. The molecule has 0 aromatic carbocycles. The van der Waals surface area contributed by atoms with Crippen molar-refractivity contribution >= 4 is 5.97 Å².